The Hall–Kier alpha value is 2.30. The second-order valence-electron chi connectivity index (χ2n) is 4.04. The Bertz CT molecular complexity index is 469. The predicted octanol–water partition coefficient (Wildman–Crippen LogP) is 3.00. The summed E-state index contributed by atoms with van der Waals surface area (Å²) in [6.45, 7) is 10.5. The number of hydrogen-bond acceptors (Lipinski definition) is 2. The van der Waals surface area contributed by atoms with Crippen LogP contribution in [0.1, 0.15) is 31.1 Å². The topological polar surface area (TPSA) is 44.6 Å². The van der Waals surface area contributed by atoms with Gasteiger partial charge in [-0.05, 0) is 134 Å². The standard InChI is InChI=1S/C7HI5O2.C6H15N/c8-2-1(7(13)14)3(9)5(11)6(12)4(2)10;1-4-7(5-2)6-3/h(H,13,14);4-6H2,1-3H3. The van der Waals surface area contributed by atoms with Crippen molar-refractivity contribution in [3.05, 3.63) is 23.4 Å². The summed E-state index contributed by atoms with van der Waals surface area (Å²) in [5.41, 5.74) is 0.306. The van der Waals surface area contributed by atoms with E-state index in [2.05, 4.69) is 88.5 Å². The highest BCUT2D eigenvalue weighted by atomic mass is 127. The van der Waals surface area contributed by atoms with Gasteiger partial charge >= 0.3 is 0 Å². The number of carboxylic acid groups (broad SMARTS) is 1. The number of carbonyl (C=O) groups excluding carboxylic acids is 1. The lowest BCUT2D eigenvalue weighted by atomic mass is 10.2. The van der Waals surface area contributed by atoms with E-state index in [0.717, 1.165) is 17.9 Å². The Morgan fingerprint density at radius 2 is 1.10 bits per heavy atom. The zero-order valence-electron chi connectivity index (χ0n) is 11.8. The van der Waals surface area contributed by atoms with Gasteiger partial charge in [0.25, 0.3) is 0 Å². The molecule has 0 atom stereocenters. The smallest absolute Gasteiger partial charge is 0.0742 e. The van der Waals surface area contributed by atoms with Crippen LogP contribution in [0, 0.1) is 17.9 Å². The SMILES string of the molecule is CC[NH+](CC)CC.O=C([O-])c1c(I)c(I)c(I)c(I)c1I. The lowest BCUT2D eigenvalue weighted by Crippen LogP contribution is -3.11. The first-order valence-corrected chi connectivity index (χ1v) is 11.7. The zero-order chi connectivity index (χ0) is 16.7. The fraction of sp³-hybridized carbons (Fsp3) is 0.462. The minimum absolute atomic E-state index is 0.306. The summed E-state index contributed by atoms with van der Waals surface area (Å²) in [7, 11) is 0. The minimum atomic E-state index is -1.11. The first-order valence-electron chi connectivity index (χ1n) is 6.29. The number of nitrogens with one attached hydrogen (secondary N) is 1. The molecule has 0 saturated heterocycles. The maximum Gasteiger partial charge on any atom is 0.0742 e. The average Bonchev–Trinajstić information content (AvgIpc) is 2.45. The second-order valence-corrected chi connectivity index (χ2v) is 9.44. The Balaban J connectivity index is 0.000000486. The molecule has 1 aromatic rings. The van der Waals surface area contributed by atoms with Gasteiger partial charge in [0.15, 0.2) is 0 Å². The van der Waals surface area contributed by atoms with Crippen LogP contribution >= 0.6 is 113 Å². The lowest BCUT2D eigenvalue weighted by Gasteiger charge is -2.14. The van der Waals surface area contributed by atoms with Crippen molar-refractivity contribution in [1.29, 1.82) is 0 Å². The summed E-state index contributed by atoms with van der Waals surface area (Å²) in [5.74, 6) is -1.11. The van der Waals surface area contributed by atoms with Gasteiger partial charge in [-0.3, -0.25) is 0 Å². The average molecular weight is 853 g/mol. The van der Waals surface area contributed by atoms with Gasteiger partial charge in [-0.15, -0.1) is 0 Å². The van der Waals surface area contributed by atoms with Crippen molar-refractivity contribution < 1.29 is 14.8 Å². The summed E-state index contributed by atoms with van der Waals surface area (Å²) in [6.07, 6.45) is 0. The number of aromatic carboxylic acids is 1. The van der Waals surface area contributed by atoms with Crippen LogP contribution in [0.25, 0.3) is 0 Å². The summed E-state index contributed by atoms with van der Waals surface area (Å²) in [4.78, 5) is 12.6. The number of halogens is 5. The van der Waals surface area contributed by atoms with Crippen LogP contribution in [0.4, 0.5) is 0 Å². The molecule has 0 aliphatic heterocycles. The number of carbonyl (C=O) groups is 1. The van der Waals surface area contributed by atoms with Gasteiger partial charge in [0.2, 0.25) is 0 Å². The Morgan fingerprint density at radius 3 is 1.29 bits per heavy atom. The van der Waals surface area contributed by atoms with E-state index in [1.165, 1.54) is 19.6 Å². The van der Waals surface area contributed by atoms with Crippen molar-refractivity contribution in [1.82, 2.24) is 0 Å². The quantitative estimate of drug-likeness (QED) is 0.288. The fourth-order valence-electron chi connectivity index (χ4n) is 1.53. The number of quaternary nitrogens is 1. The molecule has 0 saturated carbocycles. The molecule has 0 unspecified atom stereocenters. The molecule has 0 fully saturated rings. The molecule has 0 spiro atoms. The summed E-state index contributed by atoms with van der Waals surface area (Å²) < 4.78 is 4.58. The fourth-order valence-corrected chi connectivity index (χ4v) is 6.74. The zero-order valence-corrected chi connectivity index (χ0v) is 22.6. The molecule has 120 valence electrons. The predicted molar refractivity (Wildman–Crippen MR) is 127 cm³/mol. The lowest BCUT2D eigenvalue weighted by molar-refractivity contribution is -0.894. The molecule has 0 bridgehead atoms. The van der Waals surface area contributed by atoms with Crippen molar-refractivity contribution >= 4 is 119 Å². The number of rotatable bonds is 4. The van der Waals surface area contributed by atoms with Crippen LogP contribution < -0.4 is 10.0 Å². The number of benzene rings is 1. The van der Waals surface area contributed by atoms with Crippen LogP contribution in [-0.2, 0) is 0 Å². The molecule has 0 amide bonds. The molecule has 0 heterocycles. The van der Waals surface area contributed by atoms with E-state index in [4.69, 9.17) is 0 Å². The molecular weight excluding hydrogens is 837 g/mol. The van der Waals surface area contributed by atoms with Crippen LogP contribution in [-0.4, -0.2) is 25.6 Å². The molecule has 3 nitrogen and oxygen atoms in total. The number of hydrogen-bond donors (Lipinski definition) is 1. The summed E-state index contributed by atoms with van der Waals surface area (Å²) in [5, 5.41) is 10.9. The number of carboxylic acids is 1. The second kappa shape index (κ2) is 11.8. The van der Waals surface area contributed by atoms with Crippen LogP contribution in [0.15, 0.2) is 0 Å². The van der Waals surface area contributed by atoms with Crippen molar-refractivity contribution in [2.24, 2.45) is 0 Å². The maximum atomic E-state index is 10.9. The van der Waals surface area contributed by atoms with E-state index in [0.29, 0.717) is 5.56 Å². The van der Waals surface area contributed by atoms with Crippen molar-refractivity contribution in [2.75, 3.05) is 19.6 Å². The van der Waals surface area contributed by atoms with E-state index >= 15 is 0 Å². The first-order chi connectivity index (χ1) is 9.72. The van der Waals surface area contributed by atoms with E-state index in [1.807, 2.05) is 45.2 Å². The van der Waals surface area contributed by atoms with Gasteiger partial charge in [-0.2, -0.15) is 0 Å². The molecule has 21 heavy (non-hydrogen) atoms. The third-order valence-corrected chi connectivity index (χ3v) is 12.4. The van der Waals surface area contributed by atoms with Gasteiger partial charge in [0.1, 0.15) is 0 Å². The highest BCUT2D eigenvalue weighted by Crippen LogP contribution is 2.33. The van der Waals surface area contributed by atoms with E-state index in [-0.39, 0.29) is 0 Å². The minimum Gasteiger partial charge on any atom is -0.545 e. The van der Waals surface area contributed by atoms with Crippen LogP contribution in [0.2, 0.25) is 0 Å². The maximum absolute atomic E-state index is 10.9. The largest absolute Gasteiger partial charge is 0.545 e. The van der Waals surface area contributed by atoms with Gasteiger partial charge in [-0.1, -0.05) is 0 Å². The van der Waals surface area contributed by atoms with Crippen molar-refractivity contribution in [2.45, 2.75) is 20.8 Å². The Morgan fingerprint density at radius 1 is 0.810 bits per heavy atom. The van der Waals surface area contributed by atoms with Gasteiger partial charge in [0.05, 0.1) is 25.6 Å². The molecule has 1 N–H and O–H groups in total. The van der Waals surface area contributed by atoms with Gasteiger partial charge in [0, 0.05) is 23.4 Å². The van der Waals surface area contributed by atoms with Crippen molar-refractivity contribution in [3.63, 3.8) is 0 Å². The molecule has 1 rings (SSSR count). The highest BCUT2D eigenvalue weighted by Gasteiger charge is 2.17. The molecule has 0 radical (unpaired) electrons. The van der Waals surface area contributed by atoms with Crippen LogP contribution in [0.5, 0.6) is 0 Å². The van der Waals surface area contributed by atoms with E-state index in [1.54, 1.807) is 4.90 Å². The van der Waals surface area contributed by atoms with Crippen molar-refractivity contribution in [3.8, 4) is 0 Å². The summed E-state index contributed by atoms with van der Waals surface area (Å²) >= 11 is 10.6. The Labute approximate surface area is 194 Å². The molecule has 0 aliphatic carbocycles. The third kappa shape index (κ3) is 6.97. The molecular formula is C13H16I5NO2. The third-order valence-electron chi connectivity index (χ3n) is 2.91. The van der Waals surface area contributed by atoms with Gasteiger partial charge in [-0.25, -0.2) is 0 Å². The Kier molecular flexibility index (Phi) is 13.1. The normalized spacial score (nSPS) is 10.3. The van der Waals surface area contributed by atoms with Gasteiger partial charge < -0.3 is 14.8 Å². The summed E-state index contributed by atoms with van der Waals surface area (Å²) in [6, 6.07) is 0. The van der Waals surface area contributed by atoms with E-state index in [9.17, 15) is 9.90 Å². The van der Waals surface area contributed by atoms with Crippen LogP contribution in [0.3, 0.4) is 0 Å². The molecule has 0 aliphatic rings. The highest BCUT2D eigenvalue weighted by molar-refractivity contribution is 14.1. The first kappa shape index (κ1) is 23.3. The van der Waals surface area contributed by atoms with E-state index < -0.39 is 5.97 Å². The monoisotopic (exact) mass is 853 g/mol. The molecule has 8 heteroatoms. The molecule has 0 aromatic heterocycles. The molecule has 1 aromatic carbocycles.